The van der Waals surface area contributed by atoms with Crippen LogP contribution in [0.4, 0.5) is 61.5 Å². The first-order valence-electron chi connectivity index (χ1n) is 16.2. The third-order valence-corrected chi connectivity index (χ3v) is 6.61. The van der Waals surface area contributed by atoms with Crippen molar-refractivity contribution in [1.82, 2.24) is 0 Å². The molecule has 0 unspecified atom stereocenters. The number of ether oxygens (including phenoxy) is 9. The van der Waals surface area contributed by atoms with E-state index in [0.29, 0.717) is 18.2 Å². The maximum Gasteiger partial charge on any atom is 0.422 e. The standard InChI is InChI=1S/C32H40F14O12/c1-5-22(47)52-19-26(33,34)30(41,42)55-13-8-11-50-16-25(4,17-51-12-9-14-56-31(43,44)27(35,36)20-53-23(48)6-2)18-58-29(39,40)10-15-57-32(45,46)28(37,38)21-54-24(49)7-3/h5-7H,1-3,8-21H2,4H3. The molecule has 0 aromatic carbocycles. The Morgan fingerprint density at radius 3 is 1.07 bits per heavy atom. The normalized spacial score (nSPS) is 13.5. The first kappa shape index (κ1) is 54.4. The van der Waals surface area contributed by atoms with Crippen LogP contribution in [0.1, 0.15) is 26.2 Å². The number of hydrogen-bond acceptors (Lipinski definition) is 12. The molecule has 0 aliphatic carbocycles. The second-order valence-corrected chi connectivity index (χ2v) is 11.9. The van der Waals surface area contributed by atoms with Crippen LogP contribution in [0.25, 0.3) is 0 Å². The Morgan fingerprint density at radius 1 is 0.448 bits per heavy atom. The molecule has 0 heterocycles. The van der Waals surface area contributed by atoms with Gasteiger partial charge in [-0.2, -0.15) is 61.5 Å². The van der Waals surface area contributed by atoms with E-state index in [2.05, 4.69) is 52.9 Å². The summed E-state index contributed by atoms with van der Waals surface area (Å²) in [4.78, 5) is 32.7. The highest BCUT2D eigenvalue weighted by atomic mass is 19.3. The van der Waals surface area contributed by atoms with E-state index < -0.39 is 157 Å². The van der Waals surface area contributed by atoms with E-state index in [4.69, 9.17) is 9.47 Å². The highest BCUT2D eigenvalue weighted by Crippen LogP contribution is 2.38. The highest BCUT2D eigenvalue weighted by molar-refractivity contribution is 5.81. The van der Waals surface area contributed by atoms with Crippen molar-refractivity contribution in [2.75, 3.05) is 72.7 Å². The molecule has 0 radical (unpaired) electrons. The van der Waals surface area contributed by atoms with Gasteiger partial charge in [-0.25, -0.2) is 14.4 Å². The van der Waals surface area contributed by atoms with Crippen LogP contribution < -0.4 is 0 Å². The predicted octanol–water partition coefficient (Wildman–Crippen LogP) is 6.73. The first-order valence-corrected chi connectivity index (χ1v) is 16.2. The molecule has 0 fully saturated rings. The van der Waals surface area contributed by atoms with Gasteiger partial charge < -0.3 is 42.6 Å². The quantitative estimate of drug-likeness (QED) is 0.0228. The fourth-order valence-electron chi connectivity index (χ4n) is 3.37. The Hall–Kier alpha value is -3.59. The minimum Gasteiger partial charge on any atom is -0.456 e. The fourth-order valence-corrected chi connectivity index (χ4v) is 3.37. The second kappa shape index (κ2) is 23.3. The molecule has 0 saturated carbocycles. The van der Waals surface area contributed by atoms with Gasteiger partial charge >= 0.3 is 60.1 Å². The van der Waals surface area contributed by atoms with E-state index in [1.807, 2.05) is 0 Å². The van der Waals surface area contributed by atoms with Crippen LogP contribution in [0.2, 0.25) is 0 Å². The molecule has 0 saturated heterocycles. The molecule has 12 nitrogen and oxygen atoms in total. The van der Waals surface area contributed by atoms with Gasteiger partial charge in [0, 0.05) is 36.9 Å². The van der Waals surface area contributed by atoms with Crippen molar-refractivity contribution in [2.24, 2.45) is 5.41 Å². The summed E-state index contributed by atoms with van der Waals surface area (Å²) in [5, 5.41) is 0. The molecular formula is C32H40F14O12. The highest BCUT2D eigenvalue weighted by Gasteiger charge is 2.61. The van der Waals surface area contributed by atoms with Gasteiger partial charge in [0.1, 0.15) is 0 Å². The Kier molecular flexibility index (Phi) is 21.8. The molecule has 26 heteroatoms. The van der Waals surface area contributed by atoms with E-state index in [9.17, 15) is 75.8 Å². The van der Waals surface area contributed by atoms with E-state index in [0.717, 1.165) is 6.92 Å². The van der Waals surface area contributed by atoms with Crippen molar-refractivity contribution in [1.29, 1.82) is 0 Å². The average molecular weight is 883 g/mol. The van der Waals surface area contributed by atoms with E-state index in [1.165, 1.54) is 0 Å². The zero-order valence-corrected chi connectivity index (χ0v) is 30.4. The molecule has 58 heavy (non-hydrogen) atoms. The third kappa shape index (κ3) is 19.4. The lowest BCUT2D eigenvalue weighted by Gasteiger charge is -2.31. The van der Waals surface area contributed by atoms with Crippen LogP contribution in [-0.2, 0) is 57.0 Å². The number of carbonyl (C=O) groups is 3. The molecule has 0 aliphatic heterocycles. The molecule has 0 atom stereocenters. The lowest BCUT2D eigenvalue weighted by atomic mass is 9.94. The minimum absolute atomic E-state index is 0.378. The summed E-state index contributed by atoms with van der Waals surface area (Å²) in [7, 11) is 0. The number of hydrogen-bond donors (Lipinski definition) is 0. The van der Waals surface area contributed by atoms with E-state index >= 15 is 0 Å². The lowest BCUT2D eigenvalue weighted by Crippen LogP contribution is -2.47. The van der Waals surface area contributed by atoms with Crippen molar-refractivity contribution in [3.8, 4) is 0 Å². The largest absolute Gasteiger partial charge is 0.456 e. The van der Waals surface area contributed by atoms with Gasteiger partial charge in [0.05, 0.1) is 46.1 Å². The minimum atomic E-state index is -5.43. The average Bonchev–Trinajstić information content (AvgIpc) is 3.13. The zero-order valence-electron chi connectivity index (χ0n) is 30.4. The summed E-state index contributed by atoms with van der Waals surface area (Å²) < 4.78 is 232. The van der Waals surface area contributed by atoms with Crippen LogP contribution in [-0.4, -0.2) is 133 Å². The molecule has 0 aromatic heterocycles. The molecule has 0 aromatic rings. The van der Waals surface area contributed by atoms with Gasteiger partial charge in [0.2, 0.25) is 0 Å². The summed E-state index contributed by atoms with van der Waals surface area (Å²) >= 11 is 0. The number of rotatable bonds is 33. The van der Waals surface area contributed by atoms with Crippen molar-refractivity contribution in [3.63, 3.8) is 0 Å². The van der Waals surface area contributed by atoms with Gasteiger partial charge in [-0.1, -0.05) is 26.7 Å². The summed E-state index contributed by atoms with van der Waals surface area (Å²) in [6.07, 6.45) is -21.8. The lowest BCUT2D eigenvalue weighted by molar-refractivity contribution is -0.361. The Labute approximate surface area is 321 Å². The summed E-state index contributed by atoms with van der Waals surface area (Å²) in [6.45, 7) is -4.35. The molecule has 0 amide bonds. The zero-order chi connectivity index (χ0) is 45.1. The molecule has 0 rings (SSSR count). The van der Waals surface area contributed by atoms with E-state index in [1.54, 1.807) is 0 Å². The topological polar surface area (TPSA) is 134 Å². The first-order chi connectivity index (χ1) is 26.4. The van der Waals surface area contributed by atoms with Crippen LogP contribution in [0.15, 0.2) is 38.0 Å². The maximum absolute atomic E-state index is 14.5. The SMILES string of the molecule is C=CC(=O)OCC(F)(F)C(F)(F)OCCCOCC(C)(COCCCOC(F)(F)C(F)(F)COC(=O)C=C)COC(F)(F)CCOC(F)(F)C(F)(F)COC(=O)C=C. The second-order valence-electron chi connectivity index (χ2n) is 11.9. The number of esters is 3. The summed E-state index contributed by atoms with van der Waals surface area (Å²) in [6, 6.07) is 0. The third-order valence-electron chi connectivity index (χ3n) is 6.61. The van der Waals surface area contributed by atoms with Crippen molar-refractivity contribution < 1.29 is 118 Å². The van der Waals surface area contributed by atoms with Crippen LogP contribution >= 0.6 is 0 Å². The monoisotopic (exact) mass is 882 g/mol. The van der Waals surface area contributed by atoms with Gasteiger partial charge in [-0.3, -0.25) is 0 Å². The molecule has 338 valence electrons. The summed E-state index contributed by atoms with van der Waals surface area (Å²) in [5.41, 5.74) is -1.75. The molecular weight excluding hydrogens is 842 g/mol. The molecule has 0 spiro atoms. The molecule has 0 N–H and O–H groups in total. The van der Waals surface area contributed by atoms with Crippen molar-refractivity contribution in [2.45, 2.75) is 68.4 Å². The van der Waals surface area contributed by atoms with Crippen molar-refractivity contribution in [3.05, 3.63) is 38.0 Å². The fraction of sp³-hybridized carbons (Fsp3) is 0.719. The van der Waals surface area contributed by atoms with Crippen molar-refractivity contribution >= 4 is 17.9 Å². The van der Waals surface area contributed by atoms with Gasteiger partial charge in [-0.05, 0) is 12.8 Å². The number of carbonyl (C=O) groups excluding carboxylic acids is 3. The molecule has 0 bridgehead atoms. The maximum atomic E-state index is 14.5. The molecule has 0 aliphatic rings. The van der Waals surface area contributed by atoms with Gasteiger partial charge in [0.15, 0.2) is 19.8 Å². The summed E-state index contributed by atoms with van der Waals surface area (Å²) in [5.74, 6) is -19.5. The van der Waals surface area contributed by atoms with Gasteiger partial charge in [0.25, 0.3) is 0 Å². The van der Waals surface area contributed by atoms with E-state index in [-0.39, 0.29) is 0 Å². The van der Waals surface area contributed by atoms with Crippen LogP contribution in [0.3, 0.4) is 0 Å². The van der Waals surface area contributed by atoms with Crippen LogP contribution in [0.5, 0.6) is 0 Å². The Balaban J connectivity index is 5.41. The number of halogens is 14. The smallest absolute Gasteiger partial charge is 0.422 e. The van der Waals surface area contributed by atoms with Crippen LogP contribution in [0, 0.1) is 5.41 Å². The Bertz CT molecular complexity index is 1270. The number of alkyl halides is 14. The van der Waals surface area contributed by atoms with Gasteiger partial charge in [-0.15, -0.1) is 0 Å². The Morgan fingerprint density at radius 2 is 0.759 bits per heavy atom. The predicted molar refractivity (Wildman–Crippen MR) is 166 cm³/mol.